The molecule has 2 N–H and O–H groups in total. The van der Waals surface area contributed by atoms with E-state index >= 15 is 0 Å². The van der Waals surface area contributed by atoms with Gasteiger partial charge in [-0.1, -0.05) is 11.6 Å². The molecular weight excluding hydrogens is 349 g/mol. The number of nitrogens with zero attached hydrogens (tertiary/aromatic N) is 1. The average molecular weight is 374 g/mol. The van der Waals surface area contributed by atoms with Crippen LogP contribution in [0.1, 0.15) is 42.5 Å². The third kappa shape index (κ3) is 5.96. The topological polar surface area (TPSA) is 61.4 Å². The molecule has 1 aromatic rings. The van der Waals surface area contributed by atoms with Gasteiger partial charge in [-0.3, -0.25) is 9.59 Å². The lowest BCUT2D eigenvalue weighted by atomic mass is 10.1. The number of piperidine rings is 1. The van der Waals surface area contributed by atoms with Crippen molar-refractivity contribution in [3.05, 3.63) is 28.8 Å². The van der Waals surface area contributed by atoms with Crippen LogP contribution in [0.25, 0.3) is 0 Å². The third-order valence-electron chi connectivity index (χ3n) is 3.96. The quantitative estimate of drug-likeness (QED) is 0.751. The van der Waals surface area contributed by atoms with Crippen molar-refractivity contribution in [3.8, 4) is 0 Å². The Kier molecular flexibility index (Phi) is 9.11. The molecule has 2 rings (SSSR count). The van der Waals surface area contributed by atoms with Crippen molar-refractivity contribution < 1.29 is 9.59 Å². The molecular formula is C17H25Cl2N3O2. The van der Waals surface area contributed by atoms with E-state index in [0.717, 1.165) is 38.9 Å². The zero-order chi connectivity index (χ0) is 16.7. The Balaban J connectivity index is 0.00000288. The summed E-state index contributed by atoms with van der Waals surface area (Å²) in [5, 5.41) is 6.34. The lowest BCUT2D eigenvalue weighted by Crippen LogP contribution is -2.36. The molecule has 1 fully saturated rings. The van der Waals surface area contributed by atoms with Crippen LogP contribution in [0.5, 0.6) is 0 Å². The van der Waals surface area contributed by atoms with Crippen molar-refractivity contribution in [1.82, 2.24) is 10.2 Å². The van der Waals surface area contributed by atoms with Gasteiger partial charge in [-0.2, -0.15) is 0 Å². The van der Waals surface area contributed by atoms with Crippen LogP contribution in [-0.4, -0.2) is 43.4 Å². The summed E-state index contributed by atoms with van der Waals surface area (Å²) in [6.07, 6.45) is 4.39. The molecule has 0 aromatic heterocycles. The van der Waals surface area contributed by atoms with Crippen molar-refractivity contribution in [2.75, 3.05) is 32.0 Å². The minimum atomic E-state index is -0.102. The molecule has 0 radical (unpaired) electrons. The van der Waals surface area contributed by atoms with E-state index in [4.69, 9.17) is 11.6 Å². The number of nitrogens with one attached hydrogen (secondary N) is 2. The highest BCUT2D eigenvalue weighted by Crippen LogP contribution is 2.24. The van der Waals surface area contributed by atoms with Gasteiger partial charge in [-0.25, -0.2) is 0 Å². The van der Waals surface area contributed by atoms with E-state index in [1.807, 2.05) is 11.9 Å². The number of anilines is 1. The summed E-state index contributed by atoms with van der Waals surface area (Å²) in [5.74, 6) is -0.137. The largest absolute Gasteiger partial charge is 0.339 e. The SMILES string of the molecule is CNCCCC(=O)Nc1cc(Cl)ccc1C(=O)N1CCCCC1.Cl. The molecule has 1 aliphatic heterocycles. The second kappa shape index (κ2) is 10.5. The Morgan fingerprint density at radius 2 is 1.92 bits per heavy atom. The highest BCUT2D eigenvalue weighted by atomic mass is 35.5. The third-order valence-corrected chi connectivity index (χ3v) is 4.20. The lowest BCUT2D eigenvalue weighted by molar-refractivity contribution is -0.116. The molecule has 5 nitrogen and oxygen atoms in total. The highest BCUT2D eigenvalue weighted by Gasteiger charge is 2.21. The van der Waals surface area contributed by atoms with E-state index in [9.17, 15) is 9.59 Å². The van der Waals surface area contributed by atoms with E-state index in [1.165, 1.54) is 6.42 Å². The minimum absolute atomic E-state index is 0. The molecule has 1 saturated heterocycles. The Hall–Kier alpha value is -1.30. The van der Waals surface area contributed by atoms with Crippen LogP contribution in [-0.2, 0) is 4.79 Å². The molecule has 1 aliphatic rings. The molecule has 7 heteroatoms. The van der Waals surface area contributed by atoms with Crippen molar-refractivity contribution in [1.29, 1.82) is 0 Å². The molecule has 0 atom stereocenters. The normalized spacial score (nSPS) is 14.0. The van der Waals surface area contributed by atoms with Crippen LogP contribution in [0, 0.1) is 0 Å². The van der Waals surface area contributed by atoms with Crippen molar-refractivity contribution >= 4 is 41.5 Å². The summed E-state index contributed by atoms with van der Waals surface area (Å²) in [4.78, 5) is 26.6. The summed E-state index contributed by atoms with van der Waals surface area (Å²) < 4.78 is 0. The molecule has 1 aromatic carbocycles. The number of hydrogen-bond donors (Lipinski definition) is 2. The molecule has 0 bridgehead atoms. The summed E-state index contributed by atoms with van der Waals surface area (Å²) in [6, 6.07) is 5.03. The van der Waals surface area contributed by atoms with E-state index in [2.05, 4.69) is 10.6 Å². The summed E-state index contributed by atoms with van der Waals surface area (Å²) in [7, 11) is 1.85. The summed E-state index contributed by atoms with van der Waals surface area (Å²) in [5.41, 5.74) is 1.01. The van der Waals surface area contributed by atoms with Gasteiger partial charge in [0.15, 0.2) is 0 Å². The fraction of sp³-hybridized carbons (Fsp3) is 0.529. The Bertz CT molecular complexity index is 561. The number of benzene rings is 1. The number of carbonyl (C=O) groups is 2. The van der Waals surface area contributed by atoms with Crippen molar-refractivity contribution in [3.63, 3.8) is 0 Å². The smallest absolute Gasteiger partial charge is 0.255 e. The summed E-state index contributed by atoms with van der Waals surface area (Å²) >= 11 is 6.03. The Morgan fingerprint density at radius 3 is 2.58 bits per heavy atom. The van der Waals surface area contributed by atoms with Gasteiger partial charge in [0.05, 0.1) is 11.3 Å². The van der Waals surface area contributed by atoms with Crippen LogP contribution >= 0.6 is 24.0 Å². The van der Waals surface area contributed by atoms with Crippen LogP contribution in [0.2, 0.25) is 5.02 Å². The molecule has 134 valence electrons. The maximum absolute atomic E-state index is 12.7. The monoisotopic (exact) mass is 373 g/mol. The van der Waals surface area contributed by atoms with Crippen LogP contribution in [0.15, 0.2) is 18.2 Å². The van der Waals surface area contributed by atoms with Crippen molar-refractivity contribution in [2.24, 2.45) is 0 Å². The number of amides is 2. The van der Waals surface area contributed by atoms with E-state index < -0.39 is 0 Å². The number of likely N-dealkylation sites (tertiary alicyclic amines) is 1. The Morgan fingerprint density at radius 1 is 1.21 bits per heavy atom. The first-order chi connectivity index (χ1) is 11.1. The fourth-order valence-electron chi connectivity index (χ4n) is 2.71. The molecule has 0 unspecified atom stereocenters. The number of rotatable bonds is 6. The van der Waals surface area contributed by atoms with E-state index in [-0.39, 0.29) is 24.2 Å². The minimum Gasteiger partial charge on any atom is -0.339 e. The zero-order valence-electron chi connectivity index (χ0n) is 13.9. The summed E-state index contributed by atoms with van der Waals surface area (Å²) in [6.45, 7) is 2.33. The van der Waals surface area contributed by atoms with Gasteiger partial charge in [0.1, 0.15) is 0 Å². The van der Waals surface area contributed by atoms with Crippen molar-refractivity contribution in [2.45, 2.75) is 32.1 Å². The first kappa shape index (κ1) is 20.7. The van der Waals surface area contributed by atoms with Crippen LogP contribution < -0.4 is 10.6 Å². The molecule has 0 saturated carbocycles. The molecule has 2 amide bonds. The number of hydrogen-bond acceptors (Lipinski definition) is 3. The maximum Gasteiger partial charge on any atom is 0.255 e. The fourth-order valence-corrected chi connectivity index (χ4v) is 2.88. The number of halogens is 2. The second-order valence-corrected chi connectivity index (χ2v) is 6.23. The van der Waals surface area contributed by atoms with Gasteiger partial charge < -0.3 is 15.5 Å². The molecule has 24 heavy (non-hydrogen) atoms. The maximum atomic E-state index is 12.7. The van der Waals surface area contributed by atoms with Crippen LogP contribution in [0.3, 0.4) is 0 Å². The molecule has 1 heterocycles. The first-order valence-electron chi connectivity index (χ1n) is 8.15. The van der Waals surface area contributed by atoms with E-state index in [1.54, 1.807) is 18.2 Å². The molecule has 0 spiro atoms. The Labute approximate surface area is 154 Å². The predicted octanol–water partition coefficient (Wildman–Crippen LogP) is 3.33. The molecule has 0 aliphatic carbocycles. The van der Waals surface area contributed by atoms with Gasteiger partial charge in [0.2, 0.25) is 5.91 Å². The second-order valence-electron chi connectivity index (χ2n) is 5.80. The van der Waals surface area contributed by atoms with Crippen LogP contribution in [0.4, 0.5) is 5.69 Å². The predicted molar refractivity (Wildman–Crippen MR) is 100 cm³/mol. The van der Waals surface area contributed by atoms with Gasteiger partial charge in [-0.15, -0.1) is 12.4 Å². The van der Waals surface area contributed by atoms with Gasteiger partial charge in [0, 0.05) is 24.5 Å². The highest BCUT2D eigenvalue weighted by molar-refractivity contribution is 6.31. The zero-order valence-corrected chi connectivity index (χ0v) is 15.5. The number of carbonyl (C=O) groups excluding carboxylic acids is 2. The van der Waals surface area contributed by atoms with Gasteiger partial charge in [-0.05, 0) is 57.5 Å². The lowest BCUT2D eigenvalue weighted by Gasteiger charge is -2.27. The van der Waals surface area contributed by atoms with E-state index in [0.29, 0.717) is 22.7 Å². The standard InChI is InChI=1S/C17H24ClN3O2.ClH/c1-19-9-5-6-16(22)20-15-12-13(18)7-8-14(15)17(23)21-10-3-2-4-11-21;/h7-8,12,19H,2-6,9-11H2,1H3,(H,20,22);1H. The first-order valence-corrected chi connectivity index (χ1v) is 8.53. The van der Waals surface area contributed by atoms with Gasteiger partial charge in [0.25, 0.3) is 5.91 Å². The van der Waals surface area contributed by atoms with Gasteiger partial charge >= 0.3 is 0 Å². The average Bonchev–Trinajstić information content (AvgIpc) is 2.55.